The molecule has 0 spiro atoms. The number of hydrogen-bond donors (Lipinski definition) is 1. The van der Waals surface area contributed by atoms with Crippen LogP contribution in [0.1, 0.15) is 58.8 Å². The lowest BCUT2D eigenvalue weighted by molar-refractivity contribution is 0.0864. The highest BCUT2D eigenvalue weighted by Gasteiger charge is 2.43. The van der Waals surface area contributed by atoms with Gasteiger partial charge in [0, 0.05) is 6.54 Å². The Balaban J connectivity index is 1.82. The summed E-state index contributed by atoms with van der Waals surface area (Å²) in [7, 11) is 0. The maximum absolute atomic E-state index is 3.72. The van der Waals surface area contributed by atoms with Crippen molar-refractivity contribution in [2.45, 2.75) is 58.8 Å². The van der Waals surface area contributed by atoms with Crippen LogP contribution in [-0.4, -0.2) is 13.1 Å². The molecule has 0 aromatic rings. The highest BCUT2D eigenvalue weighted by molar-refractivity contribution is 4.95. The molecule has 0 saturated heterocycles. The highest BCUT2D eigenvalue weighted by Crippen LogP contribution is 2.51. The van der Waals surface area contributed by atoms with Crippen LogP contribution in [0.3, 0.4) is 0 Å². The van der Waals surface area contributed by atoms with Gasteiger partial charge in [-0.1, -0.05) is 33.1 Å². The van der Waals surface area contributed by atoms with Gasteiger partial charge in [0.05, 0.1) is 0 Å². The van der Waals surface area contributed by atoms with Crippen LogP contribution in [0, 0.1) is 17.3 Å². The third kappa shape index (κ3) is 2.55. The van der Waals surface area contributed by atoms with E-state index in [0.717, 1.165) is 11.8 Å². The van der Waals surface area contributed by atoms with E-state index in [9.17, 15) is 0 Å². The normalized spacial score (nSPS) is 25.8. The average Bonchev–Trinajstić information content (AvgIpc) is 2.50. The van der Waals surface area contributed by atoms with Crippen molar-refractivity contribution < 1.29 is 0 Å². The molecule has 2 fully saturated rings. The lowest BCUT2D eigenvalue weighted by atomic mass is 9.64. The molecule has 0 aromatic heterocycles. The van der Waals surface area contributed by atoms with Gasteiger partial charge in [0.2, 0.25) is 0 Å². The predicted octanol–water partition coefficient (Wildman–Crippen LogP) is 3.59. The van der Waals surface area contributed by atoms with E-state index in [2.05, 4.69) is 19.2 Å². The largest absolute Gasteiger partial charge is 0.316 e. The van der Waals surface area contributed by atoms with E-state index in [-0.39, 0.29) is 0 Å². The molecule has 0 heterocycles. The molecule has 15 heavy (non-hydrogen) atoms. The van der Waals surface area contributed by atoms with E-state index in [1.807, 2.05) is 0 Å². The summed E-state index contributed by atoms with van der Waals surface area (Å²) in [6.07, 6.45) is 10.5. The molecule has 0 unspecified atom stereocenters. The molecular formula is C14H27N. The summed E-state index contributed by atoms with van der Waals surface area (Å²) >= 11 is 0. The molecule has 1 heteroatoms. The molecule has 0 aromatic carbocycles. The van der Waals surface area contributed by atoms with Crippen LogP contribution < -0.4 is 5.32 Å². The SMILES string of the molecule is CC(C)CNCC1(C2CCC2)CCCC1. The van der Waals surface area contributed by atoms with Gasteiger partial charge in [-0.15, -0.1) is 0 Å². The van der Waals surface area contributed by atoms with Crippen molar-refractivity contribution in [1.29, 1.82) is 0 Å². The first kappa shape index (κ1) is 11.4. The van der Waals surface area contributed by atoms with E-state index in [4.69, 9.17) is 0 Å². The van der Waals surface area contributed by atoms with Gasteiger partial charge in [0.15, 0.2) is 0 Å². The van der Waals surface area contributed by atoms with E-state index >= 15 is 0 Å². The Hall–Kier alpha value is -0.0400. The zero-order chi connectivity index (χ0) is 10.7. The Labute approximate surface area is 95.0 Å². The van der Waals surface area contributed by atoms with E-state index in [0.29, 0.717) is 5.41 Å². The first-order valence-electron chi connectivity index (χ1n) is 6.94. The molecule has 2 aliphatic carbocycles. The predicted molar refractivity (Wildman–Crippen MR) is 65.9 cm³/mol. The van der Waals surface area contributed by atoms with Crippen LogP contribution in [-0.2, 0) is 0 Å². The van der Waals surface area contributed by atoms with Crippen LogP contribution >= 0.6 is 0 Å². The lowest BCUT2D eigenvalue weighted by Crippen LogP contribution is -2.42. The number of hydrogen-bond acceptors (Lipinski definition) is 1. The van der Waals surface area contributed by atoms with Crippen molar-refractivity contribution in [3.05, 3.63) is 0 Å². The van der Waals surface area contributed by atoms with Crippen molar-refractivity contribution in [2.75, 3.05) is 13.1 Å². The molecule has 0 atom stereocenters. The fraction of sp³-hybridized carbons (Fsp3) is 1.00. The second-order valence-corrected chi connectivity index (χ2v) is 6.22. The molecule has 1 N–H and O–H groups in total. The fourth-order valence-corrected chi connectivity index (χ4v) is 3.44. The minimum atomic E-state index is 0.715. The summed E-state index contributed by atoms with van der Waals surface area (Å²) in [4.78, 5) is 0. The van der Waals surface area contributed by atoms with Crippen molar-refractivity contribution >= 4 is 0 Å². The van der Waals surface area contributed by atoms with Crippen LogP contribution in [0.15, 0.2) is 0 Å². The molecule has 0 bridgehead atoms. The first-order chi connectivity index (χ1) is 7.23. The Morgan fingerprint density at radius 1 is 1.13 bits per heavy atom. The highest BCUT2D eigenvalue weighted by atomic mass is 14.9. The third-order valence-corrected chi connectivity index (χ3v) is 4.60. The second-order valence-electron chi connectivity index (χ2n) is 6.22. The minimum Gasteiger partial charge on any atom is -0.316 e. The Morgan fingerprint density at radius 3 is 2.27 bits per heavy atom. The summed E-state index contributed by atoms with van der Waals surface area (Å²) in [6.45, 7) is 7.11. The van der Waals surface area contributed by atoms with Crippen molar-refractivity contribution in [2.24, 2.45) is 17.3 Å². The Morgan fingerprint density at radius 2 is 1.80 bits per heavy atom. The summed E-state index contributed by atoms with van der Waals surface area (Å²) in [5.74, 6) is 1.87. The zero-order valence-corrected chi connectivity index (χ0v) is 10.5. The zero-order valence-electron chi connectivity index (χ0n) is 10.5. The van der Waals surface area contributed by atoms with Crippen LogP contribution in [0.5, 0.6) is 0 Å². The summed E-state index contributed by atoms with van der Waals surface area (Å²) in [5, 5.41) is 3.72. The molecule has 2 rings (SSSR count). The molecule has 88 valence electrons. The summed E-state index contributed by atoms with van der Waals surface area (Å²) in [6, 6.07) is 0. The van der Waals surface area contributed by atoms with E-state index < -0.39 is 0 Å². The van der Waals surface area contributed by atoms with Gasteiger partial charge in [-0.2, -0.15) is 0 Å². The van der Waals surface area contributed by atoms with Gasteiger partial charge < -0.3 is 5.32 Å². The molecule has 2 aliphatic rings. The monoisotopic (exact) mass is 209 g/mol. The summed E-state index contributed by atoms with van der Waals surface area (Å²) < 4.78 is 0. The smallest absolute Gasteiger partial charge is 0.00106 e. The minimum absolute atomic E-state index is 0.715. The average molecular weight is 209 g/mol. The van der Waals surface area contributed by atoms with Gasteiger partial charge in [0.25, 0.3) is 0 Å². The van der Waals surface area contributed by atoms with Gasteiger partial charge in [0.1, 0.15) is 0 Å². The van der Waals surface area contributed by atoms with Gasteiger partial charge >= 0.3 is 0 Å². The lowest BCUT2D eigenvalue weighted by Gasteiger charge is -2.43. The van der Waals surface area contributed by atoms with Gasteiger partial charge in [-0.05, 0) is 49.5 Å². The number of rotatable bonds is 5. The molecule has 0 amide bonds. The summed E-state index contributed by atoms with van der Waals surface area (Å²) in [5.41, 5.74) is 0.715. The van der Waals surface area contributed by atoms with Crippen molar-refractivity contribution in [3.63, 3.8) is 0 Å². The molecular weight excluding hydrogens is 182 g/mol. The third-order valence-electron chi connectivity index (χ3n) is 4.60. The van der Waals surface area contributed by atoms with Crippen molar-refractivity contribution in [3.8, 4) is 0 Å². The van der Waals surface area contributed by atoms with Crippen LogP contribution in [0.25, 0.3) is 0 Å². The molecule has 0 radical (unpaired) electrons. The first-order valence-corrected chi connectivity index (χ1v) is 6.94. The van der Waals surface area contributed by atoms with Gasteiger partial charge in [-0.25, -0.2) is 0 Å². The van der Waals surface area contributed by atoms with Crippen LogP contribution in [0.2, 0.25) is 0 Å². The topological polar surface area (TPSA) is 12.0 Å². The quantitative estimate of drug-likeness (QED) is 0.729. The molecule has 2 saturated carbocycles. The maximum atomic E-state index is 3.72. The van der Waals surface area contributed by atoms with E-state index in [1.165, 1.54) is 58.0 Å². The maximum Gasteiger partial charge on any atom is 0.00106 e. The fourth-order valence-electron chi connectivity index (χ4n) is 3.44. The molecule has 0 aliphatic heterocycles. The van der Waals surface area contributed by atoms with Gasteiger partial charge in [-0.3, -0.25) is 0 Å². The number of nitrogens with one attached hydrogen (secondary N) is 1. The van der Waals surface area contributed by atoms with Crippen molar-refractivity contribution in [1.82, 2.24) is 5.32 Å². The van der Waals surface area contributed by atoms with E-state index in [1.54, 1.807) is 0 Å². The Bertz CT molecular complexity index is 188. The van der Waals surface area contributed by atoms with Crippen LogP contribution in [0.4, 0.5) is 0 Å². The standard InChI is InChI=1S/C14H27N/c1-12(2)10-15-11-14(8-3-4-9-14)13-6-5-7-13/h12-13,15H,3-11H2,1-2H3. The Kier molecular flexibility index (Phi) is 3.71. The molecule has 1 nitrogen and oxygen atoms in total. The second kappa shape index (κ2) is 4.86.